The van der Waals surface area contributed by atoms with E-state index in [1.54, 1.807) is 0 Å². The van der Waals surface area contributed by atoms with E-state index >= 15 is 0 Å². The van der Waals surface area contributed by atoms with Gasteiger partial charge >= 0.3 is 0 Å². The Morgan fingerprint density at radius 3 is 2.95 bits per heavy atom. The van der Waals surface area contributed by atoms with Crippen LogP contribution in [0.2, 0.25) is 0 Å². The lowest BCUT2D eigenvalue weighted by atomic mass is 10.0. The van der Waals surface area contributed by atoms with Crippen LogP contribution in [0.3, 0.4) is 0 Å². The average molecular weight is 295 g/mol. The van der Waals surface area contributed by atoms with Crippen LogP contribution in [0.25, 0.3) is 0 Å². The van der Waals surface area contributed by atoms with Crippen molar-refractivity contribution in [1.82, 2.24) is 4.31 Å². The summed E-state index contributed by atoms with van der Waals surface area (Å²) in [5, 5.41) is 0. The van der Waals surface area contributed by atoms with Gasteiger partial charge in [0.05, 0.1) is 6.61 Å². The number of thioether (sulfide) groups is 1. The van der Waals surface area contributed by atoms with Gasteiger partial charge in [-0.25, -0.2) is 4.31 Å². The third-order valence-electron chi connectivity index (χ3n) is 3.87. The quantitative estimate of drug-likeness (QED) is 0.785. The SMILES string of the molecule is CSCC1CCN(Sc2ccc3c(c2)CCO3)CC1. The van der Waals surface area contributed by atoms with E-state index in [1.807, 2.05) is 23.7 Å². The molecule has 0 amide bonds. The standard InChI is InChI=1S/C15H21NOS2/c1-18-11-12-4-7-16(8-5-12)19-14-2-3-15-13(10-14)6-9-17-15/h2-3,10,12H,4-9,11H2,1H3. The van der Waals surface area contributed by atoms with Crippen LogP contribution in [0.1, 0.15) is 18.4 Å². The molecule has 3 rings (SSSR count). The predicted molar refractivity (Wildman–Crippen MR) is 84.2 cm³/mol. The van der Waals surface area contributed by atoms with Crippen molar-refractivity contribution in [1.29, 1.82) is 0 Å². The third-order valence-corrected chi connectivity index (χ3v) is 5.76. The van der Waals surface area contributed by atoms with E-state index in [4.69, 9.17) is 4.74 Å². The lowest BCUT2D eigenvalue weighted by Crippen LogP contribution is -2.29. The lowest BCUT2D eigenvalue weighted by Gasteiger charge is -2.30. The summed E-state index contributed by atoms with van der Waals surface area (Å²) in [5.74, 6) is 3.35. The Hall–Kier alpha value is -0.320. The van der Waals surface area contributed by atoms with Gasteiger partial charge in [0.2, 0.25) is 0 Å². The van der Waals surface area contributed by atoms with E-state index in [0.717, 1.165) is 24.7 Å². The normalized spacial score (nSPS) is 20.3. The maximum absolute atomic E-state index is 5.56. The van der Waals surface area contributed by atoms with Crippen LogP contribution in [0.4, 0.5) is 0 Å². The molecule has 2 nitrogen and oxygen atoms in total. The summed E-state index contributed by atoms with van der Waals surface area (Å²) in [6, 6.07) is 6.63. The smallest absolute Gasteiger partial charge is 0.122 e. The number of hydrogen-bond acceptors (Lipinski definition) is 4. The Balaban J connectivity index is 1.55. The molecule has 1 fully saturated rings. The molecule has 0 N–H and O–H groups in total. The van der Waals surface area contributed by atoms with Crippen molar-refractivity contribution in [3.8, 4) is 5.75 Å². The van der Waals surface area contributed by atoms with E-state index in [1.165, 1.54) is 42.1 Å². The number of ether oxygens (including phenoxy) is 1. The second-order valence-electron chi connectivity index (χ2n) is 5.29. The highest BCUT2D eigenvalue weighted by molar-refractivity contribution is 7.98. The highest BCUT2D eigenvalue weighted by atomic mass is 32.2. The maximum Gasteiger partial charge on any atom is 0.122 e. The molecule has 1 saturated heterocycles. The maximum atomic E-state index is 5.56. The second-order valence-corrected chi connectivity index (χ2v) is 7.37. The molecule has 1 aromatic carbocycles. The minimum absolute atomic E-state index is 0.851. The van der Waals surface area contributed by atoms with Gasteiger partial charge in [0.25, 0.3) is 0 Å². The molecule has 1 aromatic rings. The largest absolute Gasteiger partial charge is 0.493 e. The molecule has 0 atom stereocenters. The fourth-order valence-electron chi connectivity index (χ4n) is 2.77. The number of rotatable bonds is 4. The molecule has 2 aliphatic heterocycles. The van der Waals surface area contributed by atoms with E-state index in [-0.39, 0.29) is 0 Å². The first kappa shape index (κ1) is 13.7. The average Bonchev–Trinajstić information content (AvgIpc) is 2.89. The van der Waals surface area contributed by atoms with E-state index in [2.05, 4.69) is 28.8 Å². The molecule has 0 unspecified atom stereocenters. The molecule has 104 valence electrons. The highest BCUT2D eigenvalue weighted by Crippen LogP contribution is 2.33. The Morgan fingerprint density at radius 1 is 1.32 bits per heavy atom. The minimum atomic E-state index is 0.851. The van der Waals surface area contributed by atoms with Gasteiger partial charge in [-0.3, -0.25) is 0 Å². The van der Waals surface area contributed by atoms with Crippen molar-refractivity contribution in [3.05, 3.63) is 23.8 Å². The first-order valence-electron chi connectivity index (χ1n) is 7.03. The number of piperidine rings is 1. The van der Waals surface area contributed by atoms with Gasteiger partial charge in [-0.2, -0.15) is 11.8 Å². The monoisotopic (exact) mass is 295 g/mol. The van der Waals surface area contributed by atoms with Crippen LogP contribution in [-0.4, -0.2) is 36.0 Å². The third kappa shape index (κ3) is 3.41. The molecule has 0 spiro atoms. The van der Waals surface area contributed by atoms with Gasteiger partial charge in [-0.05, 0) is 66.5 Å². The Bertz CT molecular complexity index is 430. The lowest BCUT2D eigenvalue weighted by molar-refractivity contribution is 0.312. The van der Waals surface area contributed by atoms with Crippen molar-refractivity contribution in [2.24, 2.45) is 5.92 Å². The highest BCUT2D eigenvalue weighted by Gasteiger charge is 2.20. The van der Waals surface area contributed by atoms with Crippen LogP contribution in [-0.2, 0) is 6.42 Å². The van der Waals surface area contributed by atoms with Gasteiger partial charge in [-0.1, -0.05) is 0 Å². The zero-order valence-corrected chi connectivity index (χ0v) is 13.1. The van der Waals surface area contributed by atoms with Crippen molar-refractivity contribution in [2.75, 3.05) is 31.7 Å². The van der Waals surface area contributed by atoms with Gasteiger partial charge in [0.15, 0.2) is 0 Å². The molecule has 0 aromatic heterocycles. The summed E-state index contributed by atoms with van der Waals surface area (Å²) in [4.78, 5) is 1.37. The molecule has 0 saturated carbocycles. The number of hydrogen-bond donors (Lipinski definition) is 0. The number of nitrogens with zero attached hydrogens (tertiary/aromatic N) is 1. The fourth-order valence-corrected chi connectivity index (χ4v) is 4.59. The van der Waals surface area contributed by atoms with E-state index in [9.17, 15) is 0 Å². The summed E-state index contributed by atoms with van der Waals surface area (Å²) >= 11 is 3.91. The zero-order valence-electron chi connectivity index (χ0n) is 11.4. The summed E-state index contributed by atoms with van der Waals surface area (Å²) in [6.07, 6.45) is 5.98. The molecular weight excluding hydrogens is 274 g/mol. The Kier molecular flexibility index (Phi) is 4.61. The van der Waals surface area contributed by atoms with Crippen LogP contribution in [0.5, 0.6) is 5.75 Å². The van der Waals surface area contributed by atoms with Crippen molar-refractivity contribution in [2.45, 2.75) is 24.2 Å². The molecule has 2 heterocycles. The Labute approximate surface area is 124 Å². The molecule has 0 aliphatic carbocycles. The van der Waals surface area contributed by atoms with Gasteiger partial charge < -0.3 is 4.74 Å². The minimum Gasteiger partial charge on any atom is -0.493 e. The summed E-state index contributed by atoms with van der Waals surface area (Å²) in [7, 11) is 0. The van der Waals surface area contributed by atoms with E-state index in [0.29, 0.717) is 0 Å². The fraction of sp³-hybridized carbons (Fsp3) is 0.600. The van der Waals surface area contributed by atoms with Gasteiger partial charge in [0.1, 0.15) is 5.75 Å². The van der Waals surface area contributed by atoms with Crippen LogP contribution >= 0.6 is 23.7 Å². The molecule has 0 bridgehead atoms. The number of benzene rings is 1. The second kappa shape index (κ2) is 6.42. The summed E-state index contributed by atoms with van der Waals surface area (Å²) in [6.45, 7) is 3.30. The topological polar surface area (TPSA) is 12.5 Å². The first-order chi connectivity index (χ1) is 9.35. The van der Waals surface area contributed by atoms with Gasteiger partial charge in [-0.15, -0.1) is 0 Å². The van der Waals surface area contributed by atoms with Crippen molar-refractivity contribution in [3.63, 3.8) is 0 Å². The Morgan fingerprint density at radius 2 is 2.16 bits per heavy atom. The first-order valence-corrected chi connectivity index (χ1v) is 9.19. The molecule has 2 aliphatic rings. The van der Waals surface area contributed by atoms with Gasteiger partial charge in [0, 0.05) is 24.4 Å². The predicted octanol–water partition coefficient (Wildman–Crippen LogP) is 3.70. The van der Waals surface area contributed by atoms with Crippen molar-refractivity contribution < 1.29 is 4.74 Å². The molecule has 0 radical (unpaired) electrons. The van der Waals surface area contributed by atoms with Crippen LogP contribution in [0, 0.1) is 5.92 Å². The molecular formula is C15H21NOS2. The summed E-state index contributed by atoms with van der Waals surface area (Å²) in [5.41, 5.74) is 1.38. The molecule has 4 heteroatoms. The van der Waals surface area contributed by atoms with Crippen LogP contribution < -0.4 is 4.74 Å². The van der Waals surface area contributed by atoms with Crippen LogP contribution in [0.15, 0.2) is 23.1 Å². The summed E-state index contributed by atoms with van der Waals surface area (Å²) < 4.78 is 8.08. The van der Waals surface area contributed by atoms with E-state index < -0.39 is 0 Å². The molecule has 19 heavy (non-hydrogen) atoms. The van der Waals surface area contributed by atoms with Crippen molar-refractivity contribution >= 4 is 23.7 Å². The zero-order chi connectivity index (χ0) is 13.1. The number of fused-ring (bicyclic) bond motifs is 1.